The molecule has 0 N–H and O–H groups in total. The van der Waals surface area contributed by atoms with Crippen LogP contribution in [-0.4, -0.2) is 18.0 Å². The molecule has 15 heavy (non-hydrogen) atoms. The minimum absolute atomic E-state index is 0. The maximum atomic E-state index is 3.85. The summed E-state index contributed by atoms with van der Waals surface area (Å²) in [4.78, 5) is 1.99. The van der Waals surface area contributed by atoms with Crippen LogP contribution in [0.5, 0.6) is 0 Å². The zero-order valence-corrected chi connectivity index (χ0v) is 14.5. The first kappa shape index (κ1) is 25.5. The molecule has 0 fully saturated rings. The summed E-state index contributed by atoms with van der Waals surface area (Å²) >= 11 is 0. The summed E-state index contributed by atoms with van der Waals surface area (Å²) < 4.78 is 0. The fourth-order valence-corrected chi connectivity index (χ4v) is 0.676. The maximum Gasteiger partial charge on any atom is 0 e. The van der Waals surface area contributed by atoms with Gasteiger partial charge in [0.15, 0.2) is 0 Å². The van der Waals surface area contributed by atoms with Gasteiger partial charge in [-0.2, -0.15) is 0 Å². The van der Waals surface area contributed by atoms with Crippen LogP contribution in [0.2, 0.25) is 0 Å². The van der Waals surface area contributed by atoms with Crippen LogP contribution in [0.25, 0.3) is 0 Å². The Balaban J connectivity index is -0.000000108. The van der Waals surface area contributed by atoms with E-state index < -0.39 is 0 Å². The molecule has 1 unspecified atom stereocenters. The Labute approximate surface area is 141 Å². The van der Waals surface area contributed by atoms with Gasteiger partial charge in [-0.15, -0.1) is 6.58 Å². The van der Waals surface area contributed by atoms with Gasteiger partial charge in [-0.1, -0.05) is 32.8 Å². The first-order chi connectivity index (χ1) is 5.95. The minimum Gasteiger partial charge on any atom is -0.459 e. The van der Waals surface area contributed by atoms with E-state index in [1.165, 1.54) is 12.0 Å². The zero-order chi connectivity index (χ0) is 10.9. The summed E-state index contributed by atoms with van der Waals surface area (Å²) in [6.45, 7) is 12.3. The van der Waals surface area contributed by atoms with Crippen LogP contribution in [0, 0.1) is 44.8 Å². The molecule has 0 aromatic rings. The van der Waals surface area contributed by atoms with Gasteiger partial charge < -0.3 is 4.90 Å². The molecule has 0 rings (SSSR count). The molecule has 0 aliphatic rings. The van der Waals surface area contributed by atoms with E-state index in [0.717, 1.165) is 12.8 Å². The van der Waals surface area contributed by atoms with Crippen molar-refractivity contribution in [3.8, 4) is 0 Å². The van der Waals surface area contributed by atoms with E-state index >= 15 is 0 Å². The molecule has 0 aliphatic carbocycles. The van der Waals surface area contributed by atoms with E-state index in [4.69, 9.17) is 0 Å². The minimum atomic E-state index is 0. The van der Waals surface area contributed by atoms with Crippen LogP contribution < -0.4 is 0 Å². The van der Waals surface area contributed by atoms with Crippen LogP contribution >= 0.6 is 0 Å². The number of hydrogen-bond acceptors (Lipinski definition) is 1. The summed E-state index contributed by atoms with van der Waals surface area (Å²) in [5.41, 5.74) is 1.26. The molecular formula is C12H26ArNW-. The molecule has 0 bridgehead atoms. The van der Waals surface area contributed by atoms with Crippen molar-refractivity contribution in [2.45, 2.75) is 53.0 Å². The molecule has 0 spiro atoms. The quantitative estimate of drug-likeness (QED) is 0.505. The topological polar surface area (TPSA) is 3.24 Å². The van der Waals surface area contributed by atoms with E-state index in [0.29, 0.717) is 6.04 Å². The summed E-state index contributed by atoms with van der Waals surface area (Å²) in [6.07, 6.45) is 3.52. The van der Waals surface area contributed by atoms with E-state index in [1.54, 1.807) is 0 Å². The molecule has 0 saturated heterocycles. The van der Waals surface area contributed by atoms with E-state index in [-0.39, 0.29) is 58.8 Å². The molecule has 0 aromatic carbocycles. The van der Waals surface area contributed by atoms with Gasteiger partial charge in [-0.05, 0) is 32.9 Å². The molecular weight excluding hydrogens is 382 g/mol. The summed E-state index contributed by atoms with van der Waals surface area (Å²) in [6, 6.07) is 0.566. The summed E-state index contributed by atoms with van der Waals surface area (Å²) in [5.74, 6) is 0. The first-order valence-corrected chi connectivity index (χ1v) is 5.13. The SMILES string of the molecule is C=C(C)CCC(C)N([CH2-])C.CCC.[Ar].[W]. The van der Waals surface area contributed by atoms with Gasteiger partial charge >= 0.3 is 0 Å². The second-order valence-electron chi connectivity index (χ2n) is 3.81. The first-order valence-electron chi connectivity index (χ1n) is 5.13. The normalized spacial score (nSPS) is 10.3. The molecule has 0 radical (unpaired) electrons. The Morgan fingerprint density at radius 3 is 1.93 bits per heavy atom. The Bertz CT molecular complexity index is 127. The molecule has 0 aliphatic heterocycles. The van der Waals surface area contributed by atoms with Gasteiger partial charge in [-0.25, -0.2) is 0 Å². The van der Waals surface area contributed by atoms with Crippen LogP contribution in [0.3, 0.4) is 0 Å². The molecule has 0 saturated carbocycles. The average molecular weight is 408 g/mol. The van der Waals surface area contributed by atoms with Crippen molar-refractivity contribution in [1.29, 1.82) is 0 Å². The van der Waals surface area contributed by atoms with Crippen LogP contribution in [0.4, 0.5) is 0 Å². The zero-order valence-electron chi connectivity index (χ0n) is 10.8. The Kier molecular flexibility index (Phi) is 30.6. The van der Waals surface area contributed by atoms with Gasteiger partial charge in [0.2, 0.25) is 0 Å². The second-order valence-corrected chi connectivity index (χ2v) is 3.81. The fraction of sp³-hybridized carbons (Fsp3) is 0.750. The standard InChI is InChI=1S/C9H18N.C3H8.Ar.W/c1-8(2)6-7-9(3)10(4)5;1-3-2;;/h9H,1,4,6-7H2,2-3,5H3;3H2,1-2H3;;/q-1;;;. The smallest absolute Gasteiger partial charge is 0 e. The largest absolute Gasteiger partial charge is 0.459 e. The average Bonchev–Trinajstić information content (AvgIpc) is 2.01. The van der Waals surface area contributed by atoms with E-state index in [9.17, 15) is 0 Å². The second kappa shape index (κ2) is 18.0. The number of rotatable bonds is 4. The van der Waals surface area contributed by atoms with E-state index in [2.05, 4.69) is 41.3 Å². The maximum absolute atomic E-state index is 3.85. The van der Waals surface area contributed by atoms with Gasteiger partial charge in [0.25, 0.3) is 0 Å². The fourth-order valence-electron chi connectivity index (χ4n) is 0.676. The number of nitrogens with zero attached hydrogens (tertiary/aromatic N) is 1. The van der Waals surface area contributed by atoms with Crippen LogP contribution in [0.15, 0.2) is 12.2 Å². The van der Waals surface area contributed by atoms with Gasteiger partial charge in [0.1, 0.15) is 0 Å². The van der Waals surface area contributed by atoms with Crippen molar-refractivity contribution in [2.24, 2.45) is 0 Å². The Morgan fingerprint density at radius 2 is 1.73 bits per heavy atom. The van der Waals surface area contributed by atoms with Crippen molar-refractivity contribution in [3.63, 3.8) is 0 Å². The number of hydrogen-bond donors (Lipinski definition) is 0. The van der Waals surface area contributed by atoms with Crippen molar-refractivity contribution in [3.05, 3.63) is 19.2 Å². The molecule has 0 heterocycles. The molecule has 1 atom stereocenters. The van der Waals surface area contributed by atoms with Gasteiger partial charge in [0, 0.05) is 58.8 Å². The van der Waals surface area contributed by atoms with Crippen molar-refractivity contribution in [1.82, 2.24) is 4.90 Å². The predicted molar refractivity (Wildman–Crippen MR) is 62.6 cm³/mol. The van der Waals surface area contributed by atoms with Gasteiger partial charge in [0.05, 0.1) is 0 Å². The third-order valence-electron chi connectivity index (χ3n) is 1.74. The predicted octanol–water partition coefficient (Wildman–Crippen LogP) is 3.87. The van der Waals surface area contributed by atoms with Crippen LogP contribution in [0.1, 0.15) is 47.0 Å². The molecule has 94 valence electrons. The third kappa shape index (κ3) is 25.7. The molecule has 3 heteroatoms. The summed E-state index contributed by atoms with van der Waals surface area (Å²) in [7, 11) is 5.82. The molecule has 0 amide bonds. The van der Waals surface area contributed by atoms with Crippen molar-refractivity contribution in [2.75, 3.05) is 7.05 Å². The third-order valence-corrected chi connectivity index (χ3v) is 1.74. The van der Waals surface area contributed by atoms with Crippen molar-refractivity contribution < 1.29 is 58.8 Å². The molecule has 1 nitrogen and oxygen atoms in total. The summed E-state index contributed by atoms with van der Waals surface area (Å²) in [5, 5.41) is 0. The van der Waals surface area contributed by atoms with E-state index in [1.807, 2.05) is 11.9 Å². The molecule has 0 aromatic heterocycles. The Morgan fingerprint density at radius 1 is 1.40 bits per heavy atom. The monoisotopic (exact) mass is 408 g/mol. The van der Waals surface area contributed by atoms with Crippen molar-refractivity contribution >= 4 is 0 Å². The number of allylic oxidation sites excluding steroid dienone is 1. The van der Waals surface area contributed by atoms with Crippen LogP contribution in [-0.2, 0) is 21.1 Å². The van der Waals surface area contributed by atoms with Gasteiger partial charge in [-0.3, -0.25) is 7.05 Å². The Hall–Kier alpha value is 1.65.